The molecule has 0 aromatic heterocycles. The monoisotopic (exact) mass is 389 g/mol. The van der Waals surface area contributed by atoms with Crippen molar-refractivity contribution in [3.63, 3.8) is 0 Å². The zero-order valence-electron chi connectivity index (χ0n) is 13.4. The molecule has 1 amide bonds. The summed E-state index contributed by atoms with van der Waals surface area (Å²) in [6.45, 7) is -1.22. The predicted octanol–water partition coefficient (Wildman–Crippen LogP) is 5.09. The van der Waals surface area contributed by atoms with Gasteiger partial charge in [-0.25, -0.2) is 0 Å². The summed E-state index contributed by atoms with van der Waals surface area (Å²) >= 11 is 12.0. The van der Waals surface area contributed by atoms with Gasteiger partial charge in [0.2, 0.25) is 0 Å². The number of benzene rings is 2. The summed E-state index contributed by atoms with van der Waals surface area (Å²) in [5, 5.41) is 3.69. The molecule has 1 unspecified atom stereocenters. The fraction of sp³-hybridized carbons (Fsp3) is 0.235. The van der Waals surface area contributed by atoms with Crippen LogP contribution in [0.4, 0.5) is 8.78 Å². The lowest BCUT2D eigenvalue weighted by Crippen LogP contribution is -2.26. The lowest BCUT2D eigenvalue weighted by Gasteiger charge is -2.17. The van der Waals surface area contributed by atoms with Gasteiger partial charge < -0.3 is 14.8 Å². The molecule has 0 aliphatic rings. The highest BCUT2D eigenvalue weighted by Gasteiger charge is 2.17. The van der Waals surface area contributed by atoms with Crippen molar-refractivity contribution in [2.45, 2.75) is 19.6 Å². The van der Waals surface area contributed by atoms with Gasteiger partial charge in [0.15, 0.2) is 11.5 Å². The van der Waals surface area contributed by atoms with Gasteiger partial charge in [0.05, 0.1) is 13.2 Å². The van der Waals surface area contributed by atoms with Crippen LogP contribution in [0.15, 0.2) is 36.4 Å². The molecule has 8 heteroatoms. The lowest BCUT2D eigenvalue weighted by molar-refractivity contribution is -0.0512. The van der Waals surface area contributed by atoms with Gasteiger partial charge in [0.1, 0.15) is 0 Å². The minimum absolute atomic E-state index is 0.0325. The summed E-state index contributed by atoms with van der Waals surface area (Å²) in [5.74, 6) is -0.534. The van der Waals surface area contributed by atoms with Gasteiger partial charge in [0.25, 0.3) is 5.91 Å². The Morgan fingerprint density at radius 3 is 2.44 bits per heavy atom. The highest BCUT2D eigenvalue weighted by Crippen LogP contribution is 2.30. The average molecular weight is 390 g/mol. The minimum Gasteiger partial charge on any atom is -0.493 e. The first kappa shape index (κ1) is 19.3. The number of rotatable bonds is 6. The quantitative estimate of drug-likeness (QED) is 0.747. The molecular formula is C17H15Cl2F2NO3. The van der Waals surface area contributed by atoms with Crippen LogP contribution in [-0.4, -0.2) is 19.6 Å². The summed E-state index contributed by atoms with van der Waals surface area (Å²) in [5.41, 5.74) is 0.930. The van der Waals surface area contributed by atoms with Crippen molar-refractivity contribution < 1.29 is 23.0 Å². The molecule has 2 aromatic rings. The Labute approximate surface area is 153 Å². The summed E-state index contributed by atoms with van der Waals surface area (Å²) < 4.78 is 34.0. The number of carbonyl (C=O) groups excluding carboxylic acids is 1. The number of nitrogens with one attached hydrogen (secondary N) is 1. The van der Waals surface area contributed by atoms with Gasteiger partial charge >= 0.3 is 6.61 Å². The Morgan fingerprint density at radius 1 is 1.12 bits per heavy atom. The molecule has 0 spiro atoms. The normalized spacial score (nSPS) is 12.0. The molecule has 0 aliphatic heterocycles. The Bertz CT molecular complexity index is 772. The number of methoxy groups -OCH3 is 1. The lowest BCUT2D eigenvalue weighted by atomic mass is 10.1. The van der Waals surface area contributed by atoms with Gasteiger partial charge in [-0.1, -0.05) is 29.3 Å². The molecular weight excluding hydrogens is 375 g/mol. The Hall–Kier alpha value is -2.05. The minimum atomic E-state index is -2.99. The van der Waals surface area contributed by atoms with Crippen LogP contribution in [0.3, 0.4) is 0 Å². The van der Waals surface area contributed by atoms with Crippen LogP contribution in [-0.2, 0) is 0 Å². The van der Waals surface area contributed by atoms with Crippen LogP contribution in [0.1, 0.15) is 28.9 Å². The van der Waals surface area contributed by atoms with Crippen LogP contribution in [0.5, 0.6) is 11.5 Å². The Morgan fingerprint density at radius 2 is 1.84 bits per heavy atom. The van der Waals surface area contributed by atoms with E-state index in [1.54, 1.807) is 25.1 Å². The van der Waals surface area contributed by atoms with E-state index in [1.165, 1.54) is 25.3 Å². The highest BCUT2D eigenvalue weighted by atomic mass is 35.5. The largest absolute Gasteiger partial charge is 0.493 e. The number of carbonyl (C=O) groups is 1. The van der Waals surface area contributed by atoms with Gasteiger partial charge in [-0.3, -0.25) is 4.79 Å². The molecule has 1 atom stereocenters. The number of alkyl halides is 2. The molecule has 134 valence electrons. The van der Waals surface area contributed by atoms with E-state index in [0.29, 0.717) is 15.6 Å². The molecule has 0 saturated carbocycles. The van der Waals surface area contributed by atoms with Crippen LogP contribution in [0, 0.1) is 0 Å². The SMILES string of the molecule is COc1cc(C(=O)NC(C)c2ccc(Cl)cc2Cl)ccc1OC(F)F. The first-order valence-corrected chi connectivity index (χ1v) is 7.96. The fourth-order valence-electron chi connectivity index (χ4n) is 2.21. The Balaban J connectivity index is 2.17. The molecule has 2 aromatic carbocycles. The number of halogens is 4. The maximum atomic E-state index is 12.4. The van der Waals surface area contributed by atoms with Crippen molar-refractivity contribution in [3.05, 3.63) is 57.6 Å². The molecule has 1 N–H and O–H groups in total. The summed E-state index contributed by atoms with van der Waals surface area (Å²) in [4.78, 5) is 12.4. The van der Waals surface area contributed by atoms with Crippen molar-refractivity contribution in [2.24, 2.45) is 0 Å². The van der Waals surface area contributed by atoms with Gasteiger partial charge in [-0.05, 0) is 42.8 Å². The topological polar surface area (TPSA) is 47.6 Å². The third-order valence-corrected chi connectivity index (χ3v) is 3.98. The van der Waals surface area contributed by atoms with Crippen LogP contribution in [0.2, 0.25) is 10.0 Å². The zero-order valence-corrected chi connectivity index (χ0v) is 14.9. The van der Waals surface area contributed by atoms with E-state index in [9.17, 15) is 13.6 Å². The van der Waals surface area contributed by atoms with Crippen molar-refractivity contribution in [2.75, 3.05) is 7.11 Å². The smallest absolute Gasteiger partial charge is 0.387 e. The van der Waals surface area contributed by atoms with E-state index in [-0.39, 0.29) is 23.1 Å². The van der Waals surface area contributed by atoms with E-state index in [2.05, 4.69) is 10.1 Å². The van der Waals surface area contributed by atoms with E-state index >= 15 is 0 Å². The van der Waals surface area contributed by atoms with Gasteiger partial charge in [-0.15, -0.1) is 0 Å². The number of hydrogen-bond donors (Lipinski definition) is 1. The Kier molecular flexibility index (Phi) is 6.45. The molecule has 4 nitrogen and oxygen atoms in total. The first-order chi connectivity index (χ1) is 11.8. The standard InChI is InChI=1S/C17H15Cl2F2NO3/c1-9(12-5-4-11(18)8-13(12)19)22-16(23)10-3-6-14(25-17(20)21)15(7-10)24-2/h3-9,17H,1-2H3,(H,22,23). The van der Waals surface area contributed by atoms with Crippen molar-refractivity contribution in [1.82, 2.24) is 5.32 Å². The van der Waals surface area contributed by atoms with Crippen molar-refractivity contribution in [3.8, 4) is 11.5 Å². The second-order valence-electron chi connectivity index (χ2n) is 5.11. The fourth-order valence-corrected chi connectivity index (χ4v) is 2.78. The van der Waals surface area contributed by atoms with E-state index in [0.717, 1.165) is 0 Å². The number of ether oxygens (including phenoxy) is 2. The van der Waals surface area contributed by atoms with Crippen LogP contribution < -0.4 is 14.8 Å². The summed E-state index contributed by atoms with van der Waals surface area (Å²) in [6.07, 6.45) is 0. The molecule has 0 fully saturated rings. The van der Waals surface area contributed by atoms with Crippen LogP contribution >= 0.6 is 23.2 Å². The van der Waals surface area contributed by atoms with Gasteiger partial charge in [-0.2, -0.15) is 8.78 Å². The maximum Gasteiger partial charge on any atom is 0.387 e. The van der Waals surface area contributed by atoms with Gasteiger partial charge in [0, 0.05) is 15.6 Å². The third-order valence-electron chi connectivity index (χ3n) is 3.42. The van der Waals surface area contributed by atoms with E-state index < -0.39 is 12.5 Å². The molecule has 0 saturated heterocycles. The molecule has 0 heterocycles. The van der Waals surface area contributed by atoms with Crippen molar-refractivity contribution in [1.29, 1.82) is 0 Å². The molecule has 2 rings (SSSR count). The third kappa shape index (κ3) is 4.96. The van der Waals surface area contributed by atoms with E-state index in [1.807, 2.05) is 0 Å². The summed E-state index contributed by atoms with van der Waals surface area (Å²) in [7, 11) is 1.30. The summed E-state index contributed by atoms with van der Waals surface area (Å²) in [6, 6.07) is 8.52. The molecule has 0 bridgehead atoms. The molecule has 25 heavy (non-hydrogen) atoms. The molecule has 0 radical (unpaired) electrons. The second kappa shape index (κ2) is 8.36. The number of hydrogen-bond acceptors (Lipinski definition) is 3. The van der Waals surface area contributed by atoms with Crippen molar-refractivity contribution >= 4 is 29.1 Å². The predicted molar refractivity (Wildman–Crippen MR) is 92.0 cm³/mol. The number of amides is 1. The first-order valence-electron chi connectivity index (χ1n) is 7.20. The highest BCUT2D eigenvalue weighted by molar-refractivity contribution is 6.35. The van der Waals surface area contributed by atoms with E-state index in [4.69, 9.17) is 27.9 Å². The maximum absolute atomic E-state index is 12.4. The van der Waals surface area contributed by atoms with Crippen LogP contribution in [0.25, 0.3) is 0 Å². The zero-order chi connectivity index (χ0) is 18.6. The second-order valence-corrected chi connectivity index (χ2v) is 5.95. The molecule has 0 aliphatic carbocycles. The average Bonchev–Trinajstić information content (AvgIpc) is 2.54.